The second-order valence-corrected chi connectivity index (χ2v) is 12.1. The first-order valence-corrected chi connectivity index (χ1v) is 14.8. The third kappa shape index (κ3) is 6.19. The Kier molecular flexibility index (Phi) is 8.31. The van der Waals surface area contributed by atoms with Crippen LogP contribution in [-0.4, -0.2) is 44.0 Å². The van der Waals surface area contributed by atoms with Crippen LogP contribution in [0.3, 0.4) is 0 Å². The van der Waals surface area contributed by atoms with Gasteiger partial charge in [-0.2, -0.15) is 0 Å². The molecule has 0 aliphatic rings. The second-order valence-electron chi connectivity index (χ2n) is 8.48. The maximum absolute atomic E-state index is 12.9. The van der Waals surface area contributed by atoms with Crippen LogP contribution in [0.15, 0.2) is 107 Å². The van der Waals surface area contributed by atoms with E-state index in [1.165, 1.54) is 88.0 Å². The molecule has 4 aromatic rings. The highest BCUT2D eigenvalue weighted by molar-refractivity contribution is 7.93. The molecule has 2 N–H and O–H groups in total. The highest BCUT2D eigenvalue weighted by Gasteiger charge is 2.21. The van der Waals surface area contributed by atoms with Crippen LogP contribution in [0.4, 0.5) is 17.1 Å². The van der Waals surface area contributed by atoms with E-state index in [0.717, 1.165) is 4.31 Å². The zero-order chi connectivity index (χ0) is 28.9. The molecule has 0 unspecified atom stereocenters. The van der Waals surface area contributed by atoms with E-state index in [2.05, 4.69) is 10.0 Å². The summed E-state index contributed by atoms with van der Waals surface area (Å²) in [5, 5.41) is 2.70. The second kappa shape index (κ2) is 11.7. The van der Waals surface area contributed by atoms with E-state index in [0.29, 0.717) is 22.9 Å². The lowest BCUT2D eigenvalue weighted by atomic mass is 10.2. The number of hydrogen-bond acceptors (Lipinski definition) is 7. The van der Waals surface area contributed by atoms with Crippen molar-refractivity contribution in [1.29, 1.82) is 0 Å². The van der Waals surface area contributed by atoms with Crippen molar-refractivity contribution in [3.8, 4) is 11.5 Å². The Balaban J connectivity index is 1.44. The Morgan fingerprint density at radius 3 is 2.00 bits per heavy atom. The van der Waals surface area contributed by atoms with E-state index >= 15 is 0 Å². The number of nitrogens with zero attached hydrogens (tertiary/aromatic N) is 1. The van der Waals surface area contributed by atoms with Gasteiger partial charge in [0.1, 0.15) is 11.5 Å². The molecule has 4 rings (SSSR count). The molecule has 0 fully saturated rings. The molecule has 0 spiro atoms. The van der Waals surface area contributed by atoms with Crippen molar-refractivity contribution in [3.05, 3.63) is 103 Å². The molecule has 4 aromatic carbocycles. The van der Waals surface area contributed by atoms with Gasteiger partial charge in [0.15, 0.2) is 0 Å². The largest absolute Gasteiger partial charge is 0.497 e. The van der Waals surface area contributed by atoms with Gasteiger partial charge in [-0.05, 0) is 72.8 Å². The minimum Gasteiger partial charge on any atom is -0.497 e. The molecule has 208 valence electrons. The van der Waals surface area contributed by atoms with Gasteiger partial charge < -0.3 is 14.8 Å². The van der Waals surface area contributed by atoms with Crippen molar-refractivity contribution in [2.45, 2.75) is 9.79 Å². The zero-order valence-electron chi connectivity index (χ0n) is 21.9. The molecule has 0 saturated carbocycles. The number of methoxy groups -OCH3 is 2. The van der Waals surface area contributed by atoms with Gasteiger partial charge in [0.25, 0.3) is 26.0 Å². The summed E-state index contributed by atoms with van der Waals surface area (Å²) in [6.45, 7) is 0. The Morgan fingerprint density at radius 2 is 1.40 bits per heavy atom. The van der Waals surface area contributed by atoms with Gasteiger partial charge in [0, 0.05) is 24.4 Å². The molecule has 12 heteroatoms. The fourth-order valence-electron chi connectivity index (χ4n) is 3.73. The van der Waals surface area contributed by atoms with Crippen LogP contribution < -0.4 is 23.8 Å². The van der Waals surface area contributed by atoms with Crippen LogP contribution in [0, 0.1) is 0 Å². The number of ether oxygens (including phenoxy) is 2. The Morgan fingerprint density at radius 1 is 0.750 bits per heavy atom. The summed E-state index contributed by atoms with van der Waals surface area (Å²) in [4.78, 5) is 12.9. The SMILES string of the molecule is COc1ccc(OC)c(NS(=O)(=O)c2ccc(NC(=O)c3ccc(N(C)S(=O)(=O)c4ccccc4)cc3)cc2)c1. The molecule has 0 saturated heterocycles. The molecule has 0 aromatic heterocycles. The summed E-state index contributed by atoms with van der Waals surface area (Å²) in [6, 6.07) is 24.5. The zero-order valence-corrected chi connectivity index (χ0v) is 23.5. The van der Waals surface area contributed by atoms with Gasteiger partial charge in [-0.1, -0.05) is 18.2 Å². The highest BCUT2D eigenvalue weighted by atomic mass is 32.2. The highest BCUT2D eigenvalue weighted by Crippen LogP contribution is 2.31. The minimum absolute atomic E-state index is 0.0256. The molecule has 0 atom stereocenters. The number of nitrogens with one attached hydrogen (secondary N) is 2. The van der Waals surface area contributed by atoms with Gasteiger partial charge in [-0.25, -0.2) is 16.8 Å². The van der Waals surface area contributed by atoms with Crippen molar-refractivity contribution in [1.82, 2.24) is 0 Å². The molecular formula is C28H27N3O7S2. The summed E-state index contributed by atoms with van der Waals surface area (Å²) in [5.41, 5.74) is 1.26. The van der Waals surface area contributed by atoms with E-state index in [1.807, 2.05) is 0 Å². The van der Waals surface area contributed by atoms with Gasteiger partial charge in [0.05, 0.1) is 35.4 Å². The number of rotatable bonds is 10. The third-order valence-corrected chi connectivity index (χ3v) is 9.15. The summed E-state index contributed by atoms with van der Waals surface area (Å²) < 4.78 is 65.5. The summed E-state index contributed by atoms with van der Waals surface area (Å²) in [6.07, 6.45) is 0. The van der Waals surface area contributed by atoms with Crippen LogP contribution in [0.1, 0.15) is 10.4 Å². The van der Waals surface area contributed by atoms with Gasteiger partial charge in [-0.3, -0.25) is 13.8 Å². The number of sulfonamides is 2. The topological polar surface area (TPSA) is 131 Å². The smallest absolute Gasteiger partial charge is 0.264 e. The van der Waals surface area contributed by atoms with E-state index in [1.54, 1.807) is 30.3 Å². The lowest BCUT2D eigenvalue weighted by Crippen LogP contribution is -2.26. The first-order chi connectivity index (χ1) is 19.0. The number of carbonyl (C=O) groups excluding carboxylic acids is 1. The molecule has 0 heterocycles. The van der Waals surface area contributed by atoms with Crippen molar-refractivity contribution < 1.29 is 31.1 Å². The lowest BCUT2D eigenvalue weighted by molar-refractivity contribution is 0.102. The predicted octanol–water partition coefficient (Wildman–Crippen LogP) is 4.58. The maximum Gasteiger partial charge on any atom is 0.264 e. The Hall–Kier alpha value is -4.55. The average molecular weight is 582 g/mol. The van der Waals surface area contributed by atoms with Crippen LogP contribution in [0.5, 0.6) is 11.5 Å². The molecule has 1 amide bonds. The van der Waals surface area contributed by atoms with Crippen molar-refractivity contribution >= 4 is 43.0 Å². The summed E-state index contributed by atoms with van der Waals surface area (Å²) in [7, 11) is -3.39. The monoisotopic (exact) mass is 581 g/mol. The average Bonchev–Trinajstić information content (AvgIpc) is 2.97. The predicted molar refractivity (Wildman–Crippen MR) is 153 cm³/mol. The number of amides is 1. The van der Waals surface area contributed by atoms with Crippen LogP contribution in [-0.2, 0) is 20.0 Å². The normalized spacial score (nSPS) is 11.4. The van der Waals surface area contributed by atoms with Gasteiger partial charge >= 0.3 is 0 Å². The molecule has 40 heavy (non-hydrogen) atoms. The van der Waals surface area contributed by atoms with E-state index in [4.69, 9.17) is 9.47 Å². The van der Waals surface area contributed by atoms with Crippen molar-refractivity contribution in [2.75, 3.05) is 35.6 Å². The van der Waals surface area contributed by atoms with E-state index in [-0.39, 0.29) is 21.0 Å². The van der Waals surface area contributed by atoms with Crippen LogP contribution in [0.25, 0.3) is 0 Å². The van der Waals surface area contributed by atoms with Gasteiger partial charge in [-0.15, -0.1) is 0 Å². The molecular weight excluding hydrogens is 554 g/mol. The Bertz CT molecular complexity index is 1710. The van der Waals surface area contributed by atoms with E-state index in [9.17, 15) is 21.6 Å². The number of benzene rings is 4. The number of carbonyl (C=O) groups is 1. The van der Waals surface area contributed by atoms with E-state index < -0.39 is 26.0 Å². The van der Waals surface area contributed by atoms with Crippen molar-refractivity contribution in [2.24, 2.45) is 0 Å². The first-order valence-electron chi connectivity index (χ1n) is 11.9. The minimum atomic E-state index is -3.97. The fraction of sp³-hybridized carbons (Fsp3) is 0.107. The van der Waals surface area contributed by atoms with Crippen LogP contribution in [0.2, 0.25) is 0 Å². The summed E-state index contributed by atoms with van der Waals surface area (Å²) >= 11 is 0. The number of hydrogen-bond donors (Lipinski definition) is 2. The van der Waals surface area contributed by atoms with Crippen molar-refractivity contribution in [3.63, 3.8) is 0 Å². The quantitative estimate of drug-likeness (QED) is 0.280. The van der Waals surface area contributed by atoms with Crippen LogP contribution >= 0.6 is 0 Å². The Labute approximate surface area is 233 Å². The first kappa shape index (κ1) is 28.5. The lowest BCUT2D eigenvalue weighted by Gasteiger charge is -2.19. The maximum atomic E-state index is 12.9. The standard InChI is InChI=1S/C28H27N3O7S2/c1-31(40(35,36)25-7-5-4-6-8-25)22-13-9-20(10-14-22)28(32)29-21-11-16-24(17-12-21)39(33,34)30-26-19-23(37-2)15-18-27(26)38-3/h4-19,30H,1-3H3,(H,29,32). The molecule has 10 nitrogen and oxygen atoms in total. The van der Waals surface area contributed by atoms with Gasteiger partial charge in [0.2, 0.25) is 0 Å². The molecule has 0 bridgehead atoms. The summed E-state index contributed by atoms with van der Waals surface area (Å²) in [5.74, 6) is 0.326. The molecule has 0 radical (unpaired) electrons. The third-order valence-electron chi connectivity index (χ3n) is 5.97. The number of anilines is 3. The molecule has 0 aliphatic heterocycles. The molecule has 0 aliphatic carbocycles. The fourth-order valence-corrected chi connectivity index (χ4v) is 6.01.